The number of hydrogen-bond donors (Lipinski definition) is 2. The molecule has 0 aliphatic carbocycles. The summed E-state index contributed by atoms with van der Waals surface area (Å²) in [6.45, 7) is 0.565. The zero-order valence-electron chi connectivity index (χ0n) is 15.5. The molecule has 0 radical (unpaired) electrons. The maximum absolute atomic E-state index is 11.8. The van der Waals surface area contributed by atoms with Gasteiger partial charge < -0.3 is 18.8 Å². The fourth-order valence-corrected chi connectivity index (χ4v) is 2.71. The van der Waals surface area contributed by atoms with Crippen LogP contribution in [0.2, 0.25) is 0 Å². The molecule has 0 rings (SSSR count). The molecule has 0 aliphatic rings. The van der Waals surface area contributed by atoms with Crippen molar-refractivity contribution in [1.29, 1.82) is 5.26 Å². The van der Waals surface area contributed by atoms with Crippen LogP contribution in [0, 0.1) is 11.3 Å². The smallest absolute Gasteiger partial charge is 0.329 e. The molecule has 0 aromatic rings. The second kappa shape index (κ2) is 9.53. The Bertz CT molecular complexity index is 510. The first-order valence-corrected chi connectivity index (χ1v) is 10.4. The summed E-state index contributed by atoms with van der Waals surface area (Å²) in [4.78, 5) is 19.1. The van der Waals surface area contributed by atoms with Crippen molar-refractivity contribution in [3.05, 3.63) is 0 Å². The van der Waals surface area contributed by atoms with Gasteiger partial charge in [0.25, 0.3) is 6.29 Å². The Morgan fingerprint density at radius 3 is 1.44 bits per heavy atom. The van der Waals surface area contributed by atoms with Gasteiger partial charge in [-0.15, -0.1) is 0 Å². The van der Waals surface area contributed by atoms with Crippen molar-refractivity contribution in [3.8, 4) is 6.07 Å². The van der Waals surface area contributed by atoms with Gasteiger partial charge in [-0.2, -0.15) is 5.26 Å². The minimum atomic E-state index is -4.64. The van der Waals surface area contributed by atoms with Gasteiger partial charge in [0, 0.05) is 0 Å². The van der Waals surface area contributed by atoms with Crippen LogP contribution in [0.25, 0.3) is 0 Å². The van der Waals surface area contributed by atoms with Crippen molar-refractivity contribution < 1.29 is 46.0 Å². The van der Waals surface area contributed by atoms with Crippen LogP contribution in [0.3, 0.4) is 0 Å². The summed E-state index contributed by atoms with van der Waals surface area (Å²) in [6.07, 6.45) is -2.10. The van der Waals surface area contributed by atoms with E-state index in [-0.39, 0.29) is 13.2 Å². The third-order valence-corrected chi connectivity index (χ3v) is 4.53. The fraction of sp³-hybridized carbons (Fsp3) is 0.917. The zero-order valence-corrected chi connectivity index (χ0v) is 17.3. The van der Waals surface area contributed by atoms with Gasteiger partial charge in [0.05, 0.1) is 42.3 Å². The van der Waals surface area contributed by atoms with Gasteiger partial charge in [-0.1, -0.05) is 0 Å². The molecule has 0 bridgehead atoms. The number of hydrogen-bond acceptors (Lipinski definition) is 7. The summed E-state index contributed by atoms with van der Waals surface area (Å²) >= 11 is 0. The molecule has 0 spiro atoms. The largest absolute Gasteiger partial charge is 0.475 e. The van der Waals surface area contributed by atoms with Crippen molar-refractivity contribution in [2.24, 2.45) is 0 Å². The van der Waals surface area contributed by atoms with Crippen LogP contribution in [-0.2, 0) is 27.2 Å². The van der Waals surface area contributed by atoms with Crippen LogP contribution >= 0.6 is 15.6 Å². The van der Waals surface area contributed by atoms with Crippen molar-refractivity contribution in [1.82, 2.24) is 0 Å². The Morgan fingerprint density at radius 1 is 0.880 bits per heavy atom. The predicted molar refractivity (Wildman–Crippen MR) is 88.9 cm³/mol. The molecule has 148 valence electrons. The van der Waals surface area contributed by atoms with E-state index in [0.29, 0.717) is 22.1 Å². The number of phosphoric acid groups is 2. The number of rotatable bonds is 12. The number of phosphoric ester groups is 2. The molecule has 0 saturated heterocycles. The molecular formula is C12H29N3O8P2+2. The molecule has 13 heteroatoms. The summed E-state index contributed by atoms with van der Waals surface area (Å²) in [6, 6.07) is 1.35. The topological polar surface area (TPSA) is 135 Å². The third kappa shape index (κ3) is 14.5. The first-order valence-electron chi connectivity index (χ1n) is 7.37. The van der Waals surface area contributed by atoms with Gasteiger partial charge in [-0.3, -0.25) is 9.05 Å². The number of quaternary nitrogens is 2. The second-order valence-electron chi connectivity index (χ2n) is 7.30. The Kier molecular flexibility index (Phi) is 9.39. The molecule has 2 N–H and O–H groups in total. The van der Waals surface area contributed by atoms with Gasteiger partial charge in [-0.25, -0.2) is 18.2 Å². The highest BCUT2D eigenvalue weighted by atomic mass is 31.2. The van der Waals surface area contributed by atoms with E-state index < -0.39 is 21.9 Å². The molecule has 0 aromatic heterocycles. The maximum atomic E-state index is 11.8. The highest BCUT2D eigenvalue weighted by Crippen LogP contribution is 2.50. The third-order valence-electron chi connectivity index (χ3n) is 2.60. The molecule has 0 saturated carbocycles. The lowest BCUT2D eigenvalue weighted by Gasteiger charge is -2.25. The van der Waals surface area contributed by atoms with Gasteiger partial charge in [0.2, 0.25) is 0 Å². The van der Waals surface area contributed by atoms with Crippen molar-refractivity contribution in [2.45, 2.75) is 6.29 Å². The van der Waals surface area contributed by atoms with Gasteiger partial charge in [0.1, 0.15) is 32.4 Å². The van der Waals surface area contributed by atoms with E-state index >= 15 is 0 Å². The van der Waals surface area contributed by atoms with Gasteiger partial charge in [-0.05, 0) is 0 Å². The lowest BCUT2D eigenvalue weighted by atomic mass is 10.5. The predicted octanol–water partition coefficient (Wildman–Crippen LogP) is 0.516. The summed E-state index contributed by atoms with van der Waals surface area (Å²) in [7, 11) is 1.83. The molecule has 2 atom stereocenters. The summed E-state index contributed by atoms with van der Waals surface area (Å²) < 4.78 is 42.8. The van der Waals surface area contributed by atoms with E-state index in [1.807, 2.05) is 42.3 Å². The molecule has 0 fully saturated rings. The first kappa shape index (κ1) is 24.6. The number of likely N-dealkylation sites (N-methyl/N-ethyl adjacent to an activating group) is 2. The van der Waals surface area contributed by atoms with Crippen LogP contribution in [0.1, 0.15) is 0 Å². The first-order chi connectivity index (χ1) is 11.1. The molecule has 0 heterocycles. The maximum Gasteiger partial charge on any atom is 0.475 e. The Hall–Kier alpha value is -0.370. The normalized spacial score (nSPS) is 18.8. The summed E-state index contributed by atoms with van der Waals surface area (Å²) in [5.74, 6) is 0. The van der Waals surface area contributed by atoms with Gasteiger partial charge >= 0.3 is 15.6 Å². The van der Waals surface area contributed by atoms with Crippen molar-refractivity contribution >= 4 is 15.6 Å². The van der Waals surface area contributed by atoms with E-state index in [2.05, 4.69) is 9.05 Å². The van der Waals surface area contributed by atoms with Crippen LogP contribution in [-0.4, -0.2) is 93.6 Å². The molecule has 0 amide bonds. The molecule has 0 aliphatic heterocycles. The van der Waals surface area contributed by atoms with Crippen LogP contribution in [0.4, 0.5) is 0 Å². The quantitative estimate of drug-likeness (QED) is 0.270. The SMILES string of the molecule is C[N+](C)(C)CCOP(=O)(O)OC(C#N)OP(=O)(O)OCC[N+](C)(C)C. The fourth-order valence-electron chi connectivity index (χ4n) is 1.23. The van der Waals surface area contributed by atoms with E-state index in [1.54, 1.807) is 0 Å². The average molecular weight is 405 g/mol. The standard InChI is InChI=1S/C12H27N3O8P2/c1-14(2,3)7-9-20-24(16,17)22-12(11-13)23-25(18,19)21-10-8-15(4,5)6/h12H,7-10H2,1-6H3/p+2. The Morgan fingerprint density at radius 2 is 1.20 bits per heavy atom. The Labute approximate surface area is 148 Å². The van der Waals surface area contributed by atoms with Crippen LogP contribution in [0.5, 0.6) is 0 Å². The molecule has 25 heavy (non-hydrogen) atoms. The number of nitrogens with zero attached hydrogens (tertiary/aromatic N) is 3. The lowest BCUT2D eigenvalue weighted by molar-refractivity contribution is -0.870. The molecule has 0 aromatic carbocycles. The number of nitriles is 1. The second-order valence-corrected chi connectivity index (χ2v) is 10.1. The Balaban J connectivity index is 4.54. The molecule has 11 nitrogen and oxygen atoms in total. The zero-order chi connectivity index (χ0) is 19.9. The monoisotopic (exact) mass is 405 g/mol. The highest BCUT2D eigenvalue weighted by Gasteiger charge is 2.34. The lowest BCUT2D eigenvalue weighted by Crippen LogP contribution is -2.37. The average Bonchev–Trinajstić information content (AvgIpc) is 2.33. The minimum Gasteiger partial charge on any atom is -0.329 e. The van der Waals surface area contributed by atoms with E-state index in [9.17, 15) is 18.9 Å². The minimum absolute atomic E-state index is 0.119. The van der Waals surface area contributed by atoms with E-state index in [1.165, 1.54) is 6.07 Å². The summed E-state index contributed by atoms with van der Waals surface area (Å²) in [5.41, 5.74) is 0. The van der Waals surface area contributed by atoms with E-state index in [0.717, 1.165) is 0 Å². The van der Waals surface area contributed by atoms with E-state index in [4.69, 9.17) is 14.3 Å². The van der Waals surface area contributed by atoms with Crippen molar-refractivity contribution in [2.75, 3.05) is 68.6 Å². The van der Waals surface area contributed by atoms with Crippen molar-refractivity contribution in [3.63, 3.8) is 0 Å². The molecule has 2 unspecified atom stereocenters. The summed E-state index contributed by atoms with van der Waals surface area (Å²) in [5, 5.41) is 8.88. The highest BCUT2D eigenvalue weighted by molar-refractivity contribution is 7.48. The van der Waals surface area contributed by atoms with Crippen LogP contribution in [0.15, 0.2) is 0 Å². The van der Waals surface area contributed by atoms with Gasteiger partial charge in [0.15, 0.2) is 0 Å². The van der Waals surface area contributed by atoms with Crippen LogP contribution < -0.4 is 0 Å². The molecular weight excluding hydrogens is 376 g/mol.